The van der Waals surface area contributed by atoms with Crippen molar-refractivity contribution >= 4 is 17.5 Å². The van der Waals surface area contributed by atoms with Gasteiger partial charge in [0.15, 0.2) is 0 Å². The zero-order valence-electron chi connectivity index (χ0n) is 7.96. The average Bonchev–Trinajstić information content (AvgIpc) is 2.00. The van der Waals surface area contributed by atoms with Gasteiger partial charge in [0.2, 0.25) is 0 Å². The summed E-state index contributed by atoms with van der Waals surface area (Å²) in [4.78, 5) is 17.7. The molecule has 0 atom stereocenters. The smallest absolute Gasteiger partial charge is 0.255 e. The fourth-order valence-corrected chi connectivity index (χ4v) is 1.64. The monoisotopic (exact) mass is 210 g/mol. The molecule has 1 fully saturated rings. The van der Waals surface area contributed by atoms with E-state index in [1.54, 1.807) is 19.1 Å². The molecule has 2 rings (SSSR count). The summed E-state index contributed by atoms with van der Waals surface area (Å²) in [5.41, 5.74) is 1.36. The number of aromatic nitrogens is 1. The number of amides is 1. The van der Waals surface area contributed by atoms with Crippen LogP contribution in [0.2, 0.25) is 5.15 Å². The Hall–Kier alpha value is -1.09. The molecule has 0 radical (unpaired) electrons. The Balaban J connectivity index is 2.26. The molecule has 1 aliphatic heterocycles. The third kappa shape index (κ3) is 1.60. The molecule has 14 heavy (non-hydrogen) atoms. The Morgan fingerprint density at radius 1 is 1.50 bits per heavy atom. The molecule has 0 spiro atoms. The van der Waals surface area contributed by atoms with E-state index in [9.17, 15) is 4.79 Å². The number of aryl methyl sites for hydroxylation is 1. The van der Waals surface area contributed by atoms with E-state index in [0.717, 1.165) is 19.5 Å². The number of halogens is 1. The lowest BCUT2D eigenvalue weighted by molar-refractivity contribution is 0.0650. The van der Waals surface area contributed by atoms with Gasteiger partial charge in [-0.15, -0.1) is 0 Å². The lowest BCUT2D eigenvalue weighted by Gasteiger charge is -2.31. The predicted molar refractivity (Wildman–Crippen MR) is 54.5 cm³/mol. The lowest BCUT2D eigenvalue weighted by atomic mass is 10.1. The summed E-state index contributed by atoms with van der Waals surface area (Å²) in [5, 5.41) is 0.433. The molecule has 0 bridgehead atoms. The third-order valence-corrected chi connectivity index (χ3v) is 2.64. The van der Waals surface area contributed by atoms with Crippen LogP contribution in [0.4, 0.5) is 0 Å². The van der Waals surface area contributed by atoms with Crippen LogP contribution in [0, 0.1) is 6.92 Å². The molecule has 3 nitrogen and oxygen atoms in total. The Kier molecular flexibility index (Phi) is 2.42. The topological polar surface area (TPSA) is 33.2 Å². The number of carbonyl (C=O) groups is 1. The summed E-state index contributed by atoms with van der Waals surface area (Å²) in [7, 11) is 0. The minimum Gasteiger partial charge on any atom is -0.338 e. The Labute approximate surface area is 87.7 Å². The number of carbonyl (C=O) groups excluding carboxylic acids is 1. The van der Waals surface area contributed by atoms with Crippen molar-refractivity contribution in [2.45, 2.75) is 13.3 Å². The molecule has 74 valence electrons. The van der Waals surface area contributed by atoms with Crippen LogP contribution in [0.3, 0.4) is 0 Å². The van der Waals surface area contributed by atoms with Crippen LogP contribution in [0.25, 0.3) is 0 Å². The first-order valence-electron chi connectivity index (χ1n) is 4.61. The van der Waals surface area contributed by atoms with Crippen LogP contribution in [-0.4, -0.2) is 28.9 Å². The van der Waals surface area contributed by atoms with E-state index in [1.807, 2.05) is 4.90 Å². The summed E-state index contributed by atoms with van der Waals surface area (Å²) in [6, 6.07) is 3.40. The highest BCUT2D eigenvalue weighted by Gasteiger charge is 2.23. The zero-order chi connectivity index (χ0) is 10.1. The summed E-state index contributed by atoms with van der Waals surface area (Å²) in [6.07, 6.45) is 1.10. The van der Waals surface area contributed by atoms with Crippen molar-refractivity contribution in [3.8, 4) is 0 Å². The van der Waals surface area contributed by atoms with Crippen molar-refractivity contribution in [1.82, 2.24) is 9.88 Å². The van der Waals surface area contributed by atoms with E-state index in [0.29, 0.717) is 16.4 Å². The number of rotatable bonds is 1. The molecular weight excluding hydrogens is 200 g/mol. The Morgan fingerprint density at radius 2 is 2.21 bits per heavy atom. The molecule has 1 aromatic rings. The maximum atomic E-state index is 11.8. The van der Waals surface area contributed by atoms with E-state index in [-0.39, 0.29) is 5.91 Å². The molecule has 0 aromatic carbocycles. The standard InChI is InChI=1S/C10H11ClN2O/c1-7-8(3-4-9(11)12-7)10(14)13-5-2-6-13/h3-4H,2,5-6H2,1H3. The van der Waals surface area contributed by atoms with Gasteiger partial charge < -0.3 is 4.90 Å². The average molecular weight is 211 g/mol. The molecule has 1 aliphatic rings. The summed E-state index contributed by atoms with van der Waals surface area (Å²) >= 11 is 5.71. The summed E-state index contributed by atoms with van der Waals surface area (Å²) in [5.74, 6) is 0.0675. The first-order valence-corrected chi connectivity index (χ1v) is 4.99. The molecule has 4 heteroatoms. The molecule has 1 aromatic heterocycles. The second-order valence-electron chi connectivity index (χ2n) is 3.41. The van der Waals surface area contributed by atoms with Crippen LogP contribution in [0.5, 0.6) is 0 Å². The number of pyridine rings is 1. The molecule has 0 unspecified atom stereocenters. The minimum absolute atomic E-state index is 0.0675. The lowest BCUT2D eigenvalue weighted by Crippen LogP contribution is -2.42. The third-order valence-electron chi connectivity index (χ3n) is 2.43. The van der Waals surface area contributed by atoms with Gasteiger partial charge in [0.25, 0.3) is 5.91 Å². The van der Waals surface area contributed by atoms with Crippen molar-refractivity contribution in [2.75, 3.05) is 13.1 Å². The fourth-order valence-electron chi connectivity index (χ4n) is 1.45. The van der Waals surface area contributed by atoms with E-state index in [1.165, 1.54) is 0 Å². The largest absolute Gasteiger partial charge is 0.338 e. The van der Waals surface area contributed by atoms with Gasteiger partial charge in [-0.1, -0.05) is 11.6 Å². The minimum atomic E-state index is 0.0675. The first-order chi connectivity index (χ1) is 6.68. The molecule has 1 amide bonds. The quantitative estimate of drug-likeness (QED) is 0.664. The van der Waals surface area contributed by atoms with Gasteiger partial charge in [-0.05, 0) is 25.5 Å². The zero-order valence-corrected chi connectivity index (χ0v) is 8.71. The van der Waals surface area contributed by atoms with Crippen molar-refractivity contribution in [2.24, 2.45) is 0 Å². The number of hydrogen-bond donors (Lipinski definition) is 0. The van der Waals surface area contributed by atoms with Crippen LogP contribution in [-0.2, 0) is 0 Å². The molecule has 2 heterocycles. The van der Waals surface area contributed by atoms with E-state index < -0.39 is 0 Å². The predicted octanol–water partition coefficient (Wildman–Crippen LogP) is 1.89. The molecular formula is C10H11ClN2O. The second kappa shape index (κ2) is 3.58. The van der Waals surface area contributed by atoms with Crippen LogP contribution in [0.1, 0.15) is 22.5 Å². The number of likely N-dealkylation sites (tertiary alicyclic amines) is 1. The highest BCUT2D eigenvalue weighted by Crippen LogP contribution is 2.16. The van der Waals surface area contributed by atoms with E-state index in [4.69, 9.17) is 11.6 Å². The van der Waals surface area contributed by atoms with Gasteiger partial charge in [0.1, 0.15) is 5.15 Å². The van der Waals surface area contributed by atoms with Gasteiger partial charge >= 0.3 is 0 Å². The molecule has 1 saturated heterocycles. The van der Waals surface area contributed by atoms with Crippen molar-refractivity contribution in [1.29, 1.82) is 0 Å². The number of nitrogens with zero attached hydrogens (tertiary/aromatic N) is 2. The molecule has 0 saturated carbocycles. The van der Waals surface area contributed by atoms with E-state index >= 15 is 0 Å². The SMILES string of the molecule is Cc1nc(Cl)ccc1C(=O)N1CCC1. The number of hydrogen-bond acceptors (Lipinski definition) is 2. The second-order valence-corrected chi connectivity index (χ2v) is 3.80. The Morgan fingerprint density at radius 3 is 2.71 bits per heavy atom. The van der Waals surface area contributed by atoms with Crippen molar-refractivity contribution in [3.63, 3.8) is 0 Å². The van der Waals surface area contributed by atoms with Gasteiger partial charge in [0, 0.05) is 13.1 Å². The van der Waals surface area contributed by atoms with Gasteiger partial charge in [-0.25, -0.2) is 4.98 Å². The fraction of sp³-hybridized carbons (Fsp3) is 0.400. The normalized spacial score (nSPS) is 15.1. The summed E-state index contributed by atoms with van der Waals surface area (Å²) < 4.78 is 0. The summed E-state index contributed by atoms with van der Waals surface area (Å²) in [6.45, 7) is 3.53. The van der Waals surface area contributed by atoms with Crippen LogP contribution >= 0.6 is 11.6 Å². The van der Waals surface area contributed by atoms with E-state index in [2.05, 4.69) is 4.98 Å². The van der Waals surface area contributed by atoms with Crippen molar-refractivity contribution < 1.29 is 4.79 Å². The molecule has 0 N–H and O–H groups in total. The maximum absolute atomic E-state index is 11.8. The Bertz CT molecular complexity index is 374. The molecule has 0 aliphatic carbocycles. The van der Waals surface area contributed by atoms with Crippen LogP contribution in [0.15, 0.2) is 12.1 Å². The van der Waals surface area contributed by atoms with Crippen molar-refractivity contribution in [3.05, 3.63) is 28.5 Å². The maximum Gasteiger partial charge on any atom is 0.255 e. The van der Waals surface area contributed by atoms with Crippen LogP contribution < -0.4 is 0 Å². The highest BCUT2D eigenvalue weighted by atomic mass is 35.5. The first kappa shape index (κ1) is 9.46. The highest BCUT2D eigenvalue weighted by molar-refractivity contribution is 6.29. The van der Waals surface area contributed by atoms with Gasteiger partial charge in [0.05, 0.1) is 11.3 Å². The van der Waals surface area contributed by atoms with Gasteiger partial charge in [-0.2, -0.15) is 0 Å². The van der Waals surface area contributed by atoms with Gasteiger partial charge in [-0.3, -0.25) is 4.79 Å².